The van der Waals surface area contributed by atoms with Gasteiger partial charge >= 0.3 is 0 Å². The van der Waals surface area contributed by atoms with Gasteiger partial charge in [-0.2, -0.15) is 5.10 Å². The van der Waals surface area contributed by atoms with E-state index in [2.05, 4.69) is 15.4 Å². The molecule has 7 heteroatoms. The highest BCUT2D eigenvalue weighted by atomic mass is 35.5. The molecule has 0 amide bonds. The molecule has 2 aromatic heterocycles. The van der Waals surface area contributed by atoms with Crippen molar-refractivity contribution < 1.29 is 4.39 Å². The third-order valence-electron chi connectivity index (χ3n) is 3.71. The lowest BCUT2D eigenvalue weighted by Crippen LogP contribution is -2.28. The van der Waals surface area contributed by atoms with Crippen LogP contribution in [0.4, 0.5) is 4.39 Å². The Balaban J connectivity index is 1.81. The molecule has 3 aromatic rings. The summed E-state index contributed by atoms with van der Waals surface area (Å²) in [6.07, 6.45) is 3.36. The molecule has 3 heterocycles. The van der Waals surface area contributed by atoms with Crippen molar-refractivity contribution in [3.63, 3.8) is 0 Å². The minimum absolute atomic E-state index is 0.367. The minimum atomic E-state index is -0.391. The highest BCUT2D eigenvalue weighted by molar-refractivity contribution is 6.30. The molecule has 22 heavy (non-hydrogen) atoms. The molecule has 0 fully saturated rings. The summed E-state index contributed by atoms with van der Waals surface area (Å²) >= 11 is 5.82. The lowest BCUT2D eigenvalue weighted by Gasteiger charge is -2.13. The summed E-state index contributed by atoms with van der Waals surface area (Å²) in [5.41, 5.74) is 2.24. The number of fused-ring (bicyclic) bond motifs is 1. The summed E-state index contributed by atoms with van der Waals surface area (Å²) < 4.78 is 17.8. The molecule has 4 rings (SSSR count). The van der Waals surface area contributed by atoms with Gasteiger partial charge in [0.05, 0.1) is 17.9 Å². The van der Waals surface area contributed by atoms with Gasteiger partial charge in [-0.1, -0.05) is 11.6 Å². The molecule has 1 aromatic carbocycles. The standard InChI is InChI=1S/C15H13ClFN5/c16-10-1-2-14(12(17)7-10)21-5-4-19-15(21)13-8-11-9-18-3-6-22(11)20-13/h1-2,4-5,7-8,18H,3,6,9H2. The zero-order chi connectivity index (χ0) is 15.1. The molecule has 0 saturated heterocycles. The van der Waals surface area contributed by atoms with Crippen LogP contribution in [-0.4, -0.2) is 25.9 Å². The van der Waals surface area contributed by atoms with Gasteiger partial charge in [-0.05, 0) is 24.3 Å². The Morgan fingerprint density at radius 3 is 3.00 bits per heavy atom. The molecule has 1 N–H and O–H groups in total. The molecular formula is C15H13ClFN5. The van der Waals surface area contributed by atoms with Crippen LogP contribution < -0.4 is 5.32 Å². The van der Waals surface area contributed by atoms with E-state index in [0.29, 0.717) is 16.5 Å². The average Bonchev–Trinajstić information content (AvgIpc) is 3.13. The van der Waals surface area contributed by atoms with E-state index in [1.807, 2.05) is 10.7 Å². The van der Waals surface area contributed by atoms with Crippen molar-refractivity contribution in [2.45, 2.75) is 13.1 Å². The molecule has 0 aliphatic carbocycles. The highest BCUT2D eigenvalue weighted by Crippen LogP contribution is 2.25. The van der Waals surface area contributed by atoms with Gasteiger partial charge in [-0.25, -0.2) is 9.37 Å². The van der Waals surface area contributed by atoms with Crippen molar-refractivity contribution >= 4 is 11.6 Å². The van der Waals surface area contributed by atoms with E-state index in [0.717, 1.165) is 31.0 Å². The number of imidazole rings is 1. The average molecular weight is 318 g/mol. The maximum atomic E-state index is 14.2. The molecule has 1 aliphatic rings. The Bertz CT molecular complexity index is 815. The zero-order valence-corrected chi connectivity index (χ0v) is 12.4. The van der Waals surface area contributed by atoms with Gasteiger partial charge in [0.2, 0.25) is 0 Å². The lowest BCUT2D eigenvalue weighted by molar-refractivity contribution is 0.476. The molecule has 0 spiro atoms. The van der Waals surface area contributed by atoms with Crippen molar-refractivity contribution in [3.05, 3.63) is 53.2 Å². The Kier molecular flexibility index (Phi) is 3.20. The van der Waals surface area contributed by atoms with Gasteiger partial charge in [0.1, 0.15) is 11.5 Å². The van der Waals surface area contributed by atoms with Crippen molar-refractivity contribution in [2.24, 2.45) is 0 Å². The van der Waals surface area contributed by atoms with Crippen molar-refractivity contribution in [1.82, 2.24) is 24.6 Å². The topological polar surface area (TPSA) is 47.7 Å². The normalized spacial score (nSPS) is 14.1. The largest absolute Gasteiger partial charge is 0.309 e. The van der Waals surface area contributed by atoms with Gasteiger partial charge in [0, 0.05) is 30.5 Å². The van der Waals surface area contributed by atoms with E-state index < -0.39 is 5.82 Å². The quantitative estimate of drug-likeness (QED) is 0.790. The van der Waals surface area contributed by atoms with E-state index in [1.54, 1.807) is 29.1 Å². The van der Waals surface area contributed by atoms with Crippen molar-refractivity contribution in [2.75, 3.05) is 6.54 Å². The van der Waals surface area contributed by atoms with Crippen molar-refractivity contribution in [3.8, 4) is 17.2 Å². The second-order valence-corrected chi connectivity index (χ2v) is 5.57. The van der Waals surface area contributed by atoms with Crippen LogP contribution in [0.1, 0.15) is 5.69 Å². The molecule has 1 aliphatic heterocycles. The summed E-state index contributed by atoms with van der Waals surface area (Å²) in [6.45, 7) is 2.50. The van der Waals surface area contributed by atoms with E-state index in [-0.39, 0.29) is 0 Å². The summed E-state index contributed by atoms with van der Waals surface area (Å²) in [6, 6.07) is 6.58. The van der Waals surface area contributed by atoms with Crippen LogP contribution in [0.15, 0.2) is 36.7 Å². The first-order valence-electron chi connectivity index (χ1n) is 6.99. The van der Waals surface area contributed by atoms with Crippen LogP contribution in [0.5, 0.6) is 0 Å². The molecule has 0 unspecified atom stereocenters. The third kappa shape index (κ3) is 2.20. The fourth-order valence-corrected chi connectivity index (χ4v) is 2.82. The third-order valence-corrected chi connectivity index (χ3v) is 3.94. The van der Waals surface area contributed by atoms with Crippen LogP contribution in [0.2, 0.25) is 5.02 Å². The Morgan fingerprint density at radius 1 is 1.27 bits per heavy atom. The SMILES string of the molecule is Fc1cc(Cl)ccc1-n1ccnc1-c1cc2n(n1)CCNC2. The molecule has 112 valence electrons. The predicted octanol–water partition coefficient (Wildman–Crippen LogP) is 2.63. The monoisotopic (exact) mass is 317 g/mol. The number of hydrogen-bond acceptors (Lipinski definition) is 3. The van der Waals surface area contributed by atoms with Gasteiger partial charge in [0.15, 0.2) is 5.82 Å². The molecule has 0 atom stereocenters. The van der Waals surface area contributed by atoms with Crippen LogP contribution in [0.25, 0.3) is 17.2 Å². The van der Waals surface area contributed by atoms with Gasteiger partial charge in [0.25, 0.3) is 0 Å². The number of nitrogens with one attached hydrogen (secondary N) is 1. The fraction of sp³-hybridized carbons (Fsp3) is 0.200. The Hall–Kier alpha value is -2.18. The van der Waals surface area contributed by atoms with Gasteiger partial charge in [-0.15, -0.1) is 0 Å². The first-order chi connectivity index (χ1) is 10.7. The zero-order valence-electron chi connectivity index (χ0n) is 11.6. The Labute approximate surface area is 131 Å². The highest BCUT2D eigenvalue weighted by Gasteiger charge is 2.17. The van der Waals surface area contributed by atoms with Crippen LogP contribution in [0.3, 0.4) is 0 Å². The maximum Gasteiger partial charge on any atom is 0.165 e. The summed E-state index contributed by atoms with van der Waals surface area (Å²) in [5.74, 6) is 0.223. The fourth-order valence-electron chi connectivity index (χ4n) is 2.67. The predicted molar refractivity (Wildman–Crippen MR) is 81.5 cm³/mol. The molecule has 5 nitrogen and oxygen atoms in total. The van der Waals surface area contributed by atoms with E-state index >= 15 is 0 Å². The van der Waals surface area contributed by atoms with Gasteiger partial charge in [-0.3, -0.25) is 9.25 Å². The van der Waals surface area contributed by atoms with E-state index in [9.17, 15) is 4.39 Å². The second-order valence-electron chi connectivity index (χ2n) is 5.14. The second kappa shape index (κ2) is 5.23. The van der Waals surface area contributed by atoms with Crippen LogP contribution in [0, 0.1) is 5.82 Å². The molecule has 0 radical (unpaired) electrons. The first-order valence-corrected chi connectivity index (χ1v) is 7.37. The maximum absolute atomic E-state index is 14.2. The van der Waals surface area contributed by atoms with E-state index in [4.69, 9.17) is 11.6 Å². The van der Waals surface area contributed by atoms with Crippen LogP contribution in [-0.2, 0) is 13.1 Å². The molecular weight excluding hydrogens is 305 g/mol. The Morgan fingerprint density at radius 2 is 2.18 bits per heavy atom. The number of nitrogens with zero attached hydrogens (tertiary/aromatic N) is 4. The lowest BCUT2D eigenvalue weighted by atomic mass is 10.2. The van der Waals surface area contributed by atoms with Crippen molar-refractivity contribution in [1.29, 1.82) is 0 Å². The number of hydrogen-bond donors (Lipinski definition) is 1. The van der Waals surface area contributed by atoms with Crippen LogP contribution >= 0.6 is 11.6 Å². The summed E-state index contributed by atoms with van der Waals surface area (Å²) in [4.78, 5) is 4.34. The summed E-state index contributed by atoms with van der Waals surface area (Å²) in [7, 11) is 0. The number of aromatic nitrogens is 4. The molecule has 0 bridgehead atoms. The number of rotatable bonds is 2. The van der Waals surface area contributed by atoms with E-state index in [1.165, 1.54) is 6.07 Å². The first kappa shape index (κ1) is 13.5. The summed E-state index contributed by atoms with van der Waals surface area (Å²) in [5, 5.41) is 8.24. The minimum Gasteiger partial charge on any atom is -0.309 e. The molecule has 0 saturated carbocycles. The smallest absolute Gasteiger partial charge is 0.165 e. The number of halogens is 2. The number of benzene rings is 1. The van der Waals surface area contributed by atoms with Gasteiger partial charge < -0.3 is 5.32 Å².